The van der Waals surface area contributed by atoms with E-state index in [4.69, 9.17) is 5.11 Å². The van der Waals surface area contributed by atoms with E-state index in [1.807, 2.05) is 0 Å². The quantitative estimate of drug-likeness (QED) is 0.528. The van der Waals surface area contributed by atoms with Gasteiger partial charge in [-0.25, -0.2) is 4.79 Å². The first-order valence-corrected chi connectivity index (χ1v) is 2.59. The van der Waals surface area contributed by atoms with Gasteiger partial charge in [-0.3, -0.25) is 0 Å². The summed E-state index contributed by atoms with van der Waals surface area (Å²) in [5.74, 6) is -0.879. The van der Waals surface area contributed by atoms with Gasteiger partial charge < -0.3 is 29.9 Å². The van der Waals surface area contributed by atoms with Crippen LogP contribution in [0.2, 0.25) is 0 Å². The molecule has 1 radical (unpaired) electrons. The van der Waals surface area contributed by atoms with E-state index in [1.54, 1.807) is 30.3 Å². The van der Waals surface area contributed by atoms with Crippen LogP contribution in [0.4, 0.5) is 0 Å². The molecule has 0 aliphatic heterocycles. The summed E-state index contributed by atoms with van der Waals surface area (Å²) in [6.45, 7) is 0. The fraction of sp³-hybridized carbons (Fsp3) is 0. The molecule has 1 aromatic carbocycles. The van der Waals surface area contributed by atoms with Crippen LogP contribution in [0, 0.1) is 0 Å². The van der Waals surface area contributed by atoms with Crippen LogP contribution >= 0.6 is 0 Å². The first kappa shape index (κ1) is 17.9. The molecule has 0 bridgehead atoms. The van der Waals surface area contributed by atoms with Crippen LogP contribution in [-0.4, -0.2) is 11.1 Å². The van der Waals surface area contributed by atoms with Crippen molar-refractivity contribution in [1.82, 2.24) is 0 Å². The minimum absolute atomic E-state index is 0. The average Bonchev–Trinajstić information content (AvgIpc) is 1.90. The van der Waals surface area contributed by atoms with E-state index < -0.39 is 5.97 Å². The van der Waals surface area contributed by atoms with Crippen molar-refractivity contribution >= 4 is 5.97 Å². The van der Waals surface area contributed by atoms with E-state index in [0.717, 1.165) is 0 Å². The number of rotatable bonds is 1. The smallest absolute Gasteiger partial charge is 1.00 e. The third-order valence-corrected chi connectivity index (χ3v) is 1.02. The second-order valence-electron chi connectivity index (χ2n) is 1.67. The van der Waals surface area contributed by atoms with Crippen LogP contribution in [0.5, 0.6) is 0 Å². The monoisotopic (exact) mass is 285 g/mol. The Kier molecular flexibility index (Phi) is 13.6. The molecule has 0 fully saturated rings. The number of halogens is 2. The normalized spacial score (nSPS) is 6.67. The fourth-order valence-corrected chi connectivity index (χ4v) is 0.581. The Morgan fingerprint density at radius 3 is 1.75 bits per heavy atom. The molecule has 0 aromatic heterocycles. The van der Waals surface area contributed by atoms with E-state index >= 15 is 0 Å². The molecule has 1 rings (SSSR count). The zero-order valence-electron chi connectivity index (χ0n) is 5.95. The zero-order valence-corrected chi connectivity index (χ0v) is 9.66. The van der Waals surface area contributed by atoms with E-state index in [-0.39, 0.29) is 47.2 Å². The van der Waals surface area contributed by atoms with Gasteiger partial charge in [-0.15, -0.1) is 0 Å². The molecule has 1 aromatic rings. The molecule has 0 saturated carbocycles. The summed E-state index contributed by atoms with van der Waals surface area (Å²) in [5.41, 5.74) is 0.331. The van der Waals surface area contributed by atoms with Gasteiger partial charge in [-0.1, -0.05) is 18.2 Å². The first-order chi connectivity index (χ1) is 4.30. The van der Waals surface area contributed by atoms with Crippen molar-refractivity contribution in [2.75, 3.05) is 0 Å². The van der Waals surface area contributed by atoms with Crippen molar-refractivity contribution in [1.29, 1.82) is 0 Å². The molecule has 0 spiro atoms. The molecule has 0 unspecified atom stereocenters. The molecular formula is C7H6Cl2NbO2. The van der Waals surface area contributed by atoms with Crippen molar-refractivity contribution in [2.45, 2.75) is 0 Å². The SMILES string of the molecule is O=C(O)c1ccccc1.[Cl-].[Cl-].[Nb+2]. The van der Waals surface area contributed by atoms with Gasteiger partial charge in [0.15, 0.2) is 0 Å². The van der Waals surface area contributed by atoms with Gasteiger partial charge in [0.2, 0.25) is 0 Å². The summed E-state index contributed by atoms with van der Waals surface area (Å²) < 4.78 is 0. The number of benzene rings is 1. The summed E-state index contributed by atoms with van der Waals surface area (Å²) in [5, 5.41) is 8.38. The second-order valence-corrected chi connectivity index (χ2v) is 1.67. The van der Waals surface area contributed by atoms with Crippen LogP contribution in [0.25, 0.3) is 0 Å². The summed E-state index contributed by atoms with van der Waals surface area (Å²) in [7, 11) is 0. The number of carbonyl (C=O) groups is 1. The van der Waals surface area contributed by atoms with E-state index in [1.165, 1.54) is 0 Å². The van der Waals surface area contributed by atoms with Gasteiger partial charge in [0.1, 0.15) is 0 Å². The van der Waals surface area contributed by atoms with Crippen molar-refractivity contribution in [3.05, 3.63) is 35.9 Å². The maximum absolute atomic E-state index is 10.2. The molecule has 0 amide bonds. The average molecular weight is 286 g/mol. The Morgan fingerprint density at radius 1 is 1.08 bits per heavy atom. The Balaban J connectivity index is -0.000000270. The van der Waals surface area contributed by atoms with Crippen LogP contribution in [0.3, 0.4) is 0 Å². The van der Waals surface area contributed by atoms with Gasteiger partial charge in [0, 0.05) is 0 Å². The van der Waals surface area contributed by atoms with Crippen LogP contribution in [0.15, 0.2) is 30.3 Å². The van der Waals surface area contributed by atoms with Gasteiger partial charge in [-0.2, -0.15) is 0 Å². The maximum atomic E-state index is 10.2. The van der Waals surface area contributed by atoms with Crippen LogP contribution in [-0.2, 0) is 22.4 Å². The summed E-state index contributed by atoms with van der Waals surface area (Å²) in [6.07, 6.45) is 0. The van der Waals surface area contributed by atoms with Gasteiger partial charge >= 0.3 is 28.3 Å². The fourth-order valence-electron chi connectivity index (χ4n) is 0.581. The second kappa shape index (κ2) is 9.10. The van der Waals surface area contributed by atoms with Crippen molar-refractivity contribution in [3.63, 3.8) is 0 Å². The molecule has 1 N–H and O–H groups in total. The number of hydrogen-bond acceptors (Lipinski definition) is 1. The Labute approximate surface area is 98.7 Å². The molecule has 0 saturated heterocycles. The van der Waals surface area contributed by atoms with Crippen molar-refractivity contribution < 1.29 is 57.1 Å². The van der Waals surface area contributed by atoms with Crippen LogP contribution in [0.1, 0.15) is 10.4 Å². The molecule has 5 heteroatoms. The Hall–Kier alpha value is 0.0103. The van der Waals surface area contributed by atoms with Gasteiger partial charge in [-0.05, 0) is 12.1 Å². The number of carboxylic acids is 1. The van der Waals surface area contributed by atoms with E-state index in [2.05, 4.69) is 0 Å². The molecular weight excluding hydrogens is 280 g/mol. The minimum Gasteiger partial charge on any atom is -1.00 e. The predicted octanol–water partition coefficient (Wildman–Crippen LogP) is -4.61. The minimum atomic E-state index is -0.879. The molecule has 65 valence electrons. The third kappa shape index (κ3) is 5.63. The molecule has 0 heterocycles. The molecule has 0 aliphatic carbocycles. The number of hydrogen-bond donors (Lipinski definition) is 1. The van der Waals surface area contributed by atoms with Gasteiger partial charge in [0.05, 0.1) is 5.56 Å². The topological polar surface area (TPSA) is 37.3 Å². The maximum Gasteiger partial charge on any atom is 2.00 e. The number of carboxylic acid groups (broad SMARTS) is 1. The summed E-state index contributed by atoms with van der Waals surface area (Å²) >= 11 is 0. The first-order valence-electron chi connectivity index (χ1n) is 2.59. The molecule has 0 aliphatic rings. The van der Waals surface area contributed by atoms with Crippen LogP contribution < -0.4 is 24.8 Å². The Morgan fingerprint density at radius 2 is 1.50 bits per heavy atom. The molecule has 2 nitrogen and oxygen atoms in total. The van der Waals surface area contributed by atoms with Crippen molar-refractivity contribution in [2.24, 2.45) is 0 Å². The largest absolute Gasteiger partial charge is 2.00 e. The summed E-state index contributed by atoms with van der Waals surface area (Å²) in [6, 6.07) is 8.30. The van der Waals surface area contributed by atoms with E-state index in [0.29, 0.717) is 5.56 Å². The number of aromatic carboxylic acids is 1. The summed E-state index contributed by atoms with van der Waals surface area (Å²) in [4.78, 5) is 10.2. The van der Waals surface area contributed by atoms with Crippen molar-refractivity contribution in [3.8, 4) is 0 Å². The Bertz CT molecular complexity index is 216. The molecule has 0 atom stereocenters. The van der Waals surface area contributed by atoms with E-state index in [9.17, 15) is 4.79 Å². The zero-order chi connectivity index (χ0) is 6.69. The standard InChI is InChI=1S/C7H6O2.2ClH.Nb/c8-7(9)6-4-2-1-3-5-6;;;/h1-5H,(H,8,9);2*1H;/q;;;+2/p-2. The predicted molar refractivity (Wildman–Crippen MR) is 33.4 cm³/mol. The molecule has 12 heavy (non-hydrogen) atoms. The van der Waals surface area contributed by atoms with Gasteiger partial charge in [0.25, 0.3) is 0 Å². The third-order valence-electron chi connectivity index (χ3n) is 1.02.